The van der Waals surface area contributed by atoms with Crippen LogP contribution in [0.25, 0.3) is 5.69 Å². The van der Waals surface area contributed by atoms with E-state index in [0.29, 0.717) is 11.6 Å². The van der Waals surface area contributed by atoms with Crippen LogP contribution in [0, 0.1) is 12.8 Å². The minimum absolute atomic E-state index is 0. The van der Waals surface area contributed by atoms with Gasteiger partial charge in [-0.15, -0.1) is 17.5 Å². The van der Waals surface area contributed by atoms with Gasteiger partial charge in [-0.2, -0.15) is 0 Å². The molecule has 2 aromatic rings. The lowest BCUT2D eigenvalue weighted by atomic mass is 10.1. The molecule has 1 unspecified atom stereocenters. The Balaban J connectivity index is 0.00000261. The third-order valence-corrected chi connectivity index (χ3v) is 4.62. The smallest absolute Gasteiger partial charge is 0.276 e. The Morgan fingerprint density at radius 2 is 2.04 bits per heavy atom. The van der Waals surface area contributed by atoms with E-state index in [1.165, 1.54) is 0 Å². The fraction of sp³-hybridized carbons (Fsp3) is 0.526. The second-order valence-corrected chi connectivity index (χ2v) is 7.06. The minimum atomic E-state index is -0.0351. The Labute approximate surface area is 166 Å². The number of hydrogen-bond acceptors (Lipinski definition) is 5. The van der Waals surface area contributed by atoms with Crippen molar-refractivity contribution in [3.8, 4) is 11.4 Å². The van der Waals surface area contributed by atoms with Gasteiger partial charge in [-0.3, -0.25) is 4.79 Å². The van der Waals surface area contributed by atoms with Gasteiger partial charge in [0.05, 0.1) is 17.5 Å². The maximum Gasteiger partial charge on any atom is 0.276 e. The lowest BCUT2D eigenvalue weighted by molar-refractivity contribution is 0.0780. The van der Waals surface area contributed by atoms with E-state index in [2.05, 4.69) is 15.6 Å². The third kappa shape index (κ3) is 4.78. The molecule has 1 fully saturated rings. The number of rotatable bonds is 6. The molecule has 2 heterocycles. The van der Waals surface area contributed by atoms with Crippen LogP contribution in [-0.4, -0.2) is 58.6 Å². The van der Waals surface area contributed by atoms with E-state index < -0.39 is 0 Å². The summed E-state index contributed by atoms with van der Waals surface area (Å²) in [6.45, 7) is 8.35. The summed E-state index contributed by atoms with van der Waals surface area (Å²) in [6, 6.07) is 7.65. The third-order valence-electron chi connectivity index (χ3n) is 4.62. The van der Waals surface area contributed by atoms with Crippen molar-refractivity contribution in [2.45, 2.75) is 33.3 Å². The van der Waals surface area contributed by atoms with Crippen molar-refractivity contribution in [2.24, 2.45) is 5.92 Å². The van der Waals surface area contributed by atoms with Gasteiger partial charge in [0.2, 0.25) is 0 Å². The molecule has 0 spiro atoms. The normalized spacial score (nSPS) is 16.5. The van der Waals surface area contributed by atoms with E-state index in [9.17, 15) is 4.79 Å². The maximum absolute atomic E-state index is 12.8. The zero-order chi connectivity index (χ0) is 18.7. The topological polar surface area (TPSA) is 72.3 Å². The van der Waals surface area contributed by atoms with Crippen molar-refractivity contribution in [1.29, 1.82) is 0 Å². The van der Waals surface area contributed by atoms with Gasteiger partial charge in [0.1, 0.15) is 5.75 Å². The average Bonchev–Trinajstić information content (AvgIpc) is 3.22. The Morgan fingerprint density at radius 3 is 2.67 bits per heavy atom. The predicted molar refractivity (Wildman–Crippen MR) is 107 cm³/mol. The second-order valence-electron chi connectivity index (χ2n) is 7.06. The summed E-state index contributed by atoms with van der Waals surface area (Å²) in [4.78, 5) is 14.7. The largest absolute Gasteiger partial charge is 0.491 e. The fourth-order valence-corrected chi connectivity index (χ4v) is 3.33. The first-order valence-corrected chi connectivity index (χ1v) is 9.13. The molecular weight excluding hydrogens is 366 g/mol. The summed E-state index contributed by atoms with van der Waals surface area (Å²) < 4.78 is 7.37. The molecular formula is C19H28ClN5O2. The Hall–Kier alpha value is -2.12. The first-order valence-electron chi connectivity index (χ1n) is 9.13. The van der Waals surface area contributed by atoms with Crippen LogP contribution in [-0.2, 0) is 0 Å². The lowest BCUT2D eigenvalue weighted by Crippen LogP contribution is -2.31. The molecule has 8 heteroatoms. The predicted octanol–water partition coefficient (Wildman–Crippen LogP) is 2.47. The molecule has 0 aliphatic carbocycles. The van der Waals surface area contributed by atoms with Crippen LogP contribution in [0.15, 0.2) is 24.3 Å². The van der Waals surface area contributed by atoms with Crippen LogP contribution in [0.1, 0.15) is 36.5 Å². The monoisotopic (exact) mass is 393 g/mol. The number of nitrogens with zero attached hydrogens (tertiary/aromatic N) is 4. The van der Waals surface area contributed by atoms with E-state index in [1.54, 1.807) is 4.68 Å². The van der Waals surface area contributed by atoms with Gasteiger partial charge >= 0.3 is 0 Å². The van der Waals surface area contributed by atoms with Gasteiger partial charge < -0.3 is 15.0 Å². The molecule has 1 aromatic carbocycles. The number of nitrogens with one attached hydrogen (secondary N) is 1. The van der Waals surface area contributed by atoms with Crippen LogP contribution in [0.3, 0.4) is 0 Å². The highest BCUT2D eigenvalue weighted by molar-refractivity contribution is 5.93. The van der Waals surface area contributed by atoms with Crippen molar-refractivity contribution in [3.05, 3.63) is 35.7 Å². The number of aromatic nitrogens is 3. The van der Waals surface area contributed by atoms with Gasteiger partial charge in [0, 0.05) is 13.1 Å². The first-order chi connectivity index (χ1) is 12.5. The SMILES string of the molecule is CNCC1CCN(C(=O)c2nnn(-c3ccc(OC(C)C)cc3)c2C)C1.Cl. The van der Waals surface area contributed by atoms with E-state index in [1.807, 2.05) is 57.0 Å². The minimum Gasteiger partial charge on any atom is -0.491 e. The van der Waals surface area contributed by atoms with E-state index in [4.69, 9.17) is 4.74 Å². The Morgan fingerprint density at radius 1 is 1.33 bits per heavy atom. The summed E-state index contributed by atoms with van der Waals surface area (Å²) in [6.07, 6.45) is 1.15. The van der Waals surface area contributed by atoms with Gasteiger partial charge in [0.25, 0.3) is 5.91 Å². The molecule has 1 saturated heterocycles. The number of amides is 1. The number of likely N-dealkylation sites (tertiary alicyclic amines) is 1. The van der Waals surface area contributed by atoms with Crippen molar-refractivity contribution >= 4 is 18.3 Å². The van der Waals surface area contributed by atoms with Crippen molar-refractivity contribution < 1.29 is 9.53 Å². The zero-order valence-electron chi connectivity index (χ0n) is 16.3. The molecule has 1 N–H and O–H groups in total. The van der Waals surface area contributed by atoms with Gasteiger partial charge in [0.15, 0.2) is 5.69 Å². The van der Waals surface area contributed by atoms with Crippen LogP contribution >= 0.6 is 12.4 Å². The lowest BCUT2D eigenvalue weighted by Gasteiger charge is -2.15. The highest BCUT2D eigenvalue weighted by Crippen LogP contribution is 2.21. The summed E-state index contributed by atoms with van der Waals surface area (Å²) in [5.74, 6) is 1.28. The Kier molecular flexibility index (Phi) is 7.21. The molecule has 1 amide bonds. The number of halogens is 1. The molecule has 0 bridgehead atoms. The molecule has 1 aliphatic rings. The van der Waals surface area contributed by atoms with Crippen LogP contribution in [0.5, 0.6) is 5.75 Å². The molecule has 1 atom stereocenters. The molecule has 7 nitrogen and oxygen atoms in total. The van der Waals surface area contributed by atoms with Crippen molar-refractivity contribution in [2.75, 3.05) is 26.7 Å². The summed E-state index contributed by atoms with van der Waals surface area (Å²) >= 11 is 0. The molecule has 27 heavy (non-hydrogen) atoms. The quantitative estimate of drug-likeness (QED) is 0.816. The molecule has 0 radical (unpaired) electrons. The molecule has 3 rings (SSSR count). The Bertz CT molecular complexity index is 760. The number of hydrogen-bond donors (Lipinski definition) is 1. The number of carbonyl (C=O) groups is 1. The second kappa shape index (κ2) is 9.19. The summed E-state index contributed by atoms with van der Waals surface area (Å²) in [5, 5.41) is 11.5. The van der Waals surface area contributed by atoms with Crippen LogP contribution in [0.2, 0.25) is 0 Å². The highest BCUT2D eigenvalue weighted by atomic mass is 35.5. The molecule has 148 valence electrons. The van der Waals surface area contributed by atoms with Crippen molar-refractivity contribution in [3.63, 3.8) is 0 Å². The van der Waals surface area contributed by atoms with E-state index in [-0.39, 0.29) is 24.4 Å². The van der Waals surface area contributed by atoms with Crippen molar-refractivity contribution in [1.82, 2.24) is 25.2 Å². The zero-order valence-corrected chi connectivity index (χ0v) is 17.1. The standard InChI is InChI=1S/C19H27N5O2.ClH/c1-13(2)26-17-7-5-16(6-8-17)24-14(3)18(21-22-24)19(25)23-10-9-15(12-23)11-20-4;/h5-8,13,15,20H,9-12H2,1-4H3;1H. The van der Waals surface area contributed by atoms with Gasteiger partial charge in [-0.25, -0.2) is 4.68 Å². The van der Waals surface area contributed by atoms with Gasteiger partial charge in [-0.1, -0.05) is 5.21 Å². The first kappa shape index (κ1) is 21.2. The molecule has 1 aliphatic heterocycles. The molecule has 1 aromatic heterocycles. The average molecular weight is 394 g/mol. The van der Waals surface area contributed by atoms with Gasteiger partial charge in [-0.05, 0) is 71.0 Å². The van der Waals surface area contributed by atoms with E-state index >= 15 is 0 Å². The van der Waals surface area contributed by atoms with E-state index in [0.717, 1.165) is 43.2 Å². The number of carbonyl (C=O) groups excluding carboxylic acids is 1. The highest BCUT2D eigenvalue weighted by Gasteiger charge is 2.29. The number of ether oxygens (including phenoxy) is 1. The molecule has 0 saturated carbocycles. The number of benzene rings is 1. The van der Waals surface area contributed by atoms with Crippen LogP contribution in [0.4, 0.5) is 0 Å². The summed E-state index contributed by atoms with van der Waals surface area (Å²) in [7, 11) is 1.94. The maximum atomic E-state index is 12.8. The fourth-order valence-electron chi connectivity index (χ4n) is 3.33. The summed E-state index contributed by atoms with van der Waals surface area (Å²) in [5.41, 5.74) is 2.04. The van der Waals surface area contributed by atoms with Crippen LogP contribution < -0.4 is 10.1 Å².